The Kier molecular flexibility index (Phi) is 6.13. The summed E-state index contributed by atoms with van der Waals surface area (Å²) in [7, 11) is 0. The fraction of sp³-hybridized carbons (Fsp3) is 0.222. The summed E-state index contributed by atoms with van der Waals surface area (Å²) in [4.78, 5) is 28.1. The zero-order valence-corrected chi connectivity index (χ0v) is 16.6. The first kappa shape index (κ1) is 21.8. The quantitative estimate of drug-likeness (QED) is 0.521. The van der Waals surface area contributed by atoms with Crippen molar-refractivity contribution in [1.82, 2.24) is 14.5 Å². The molecule has 0 spiro atoms. The highest BCUT2D eigenvalue weighted by Gasteiger charge is 2.34. The van der Waals surface area contributed by atoms with Gasteiger partial charge < -0.3 is 14.4 Å². The second kappa shape index (κ2) is 8.44. The predicted octanol–water partition coefficient (Wildman–Crippen LogP) is 3.89. The summed E-state index contributed by atoms with van der Waals surface area (Å²) >= 11 is 11.0. The normalized spacial score (nSPS) is 15.7. The summed E-state index contributed by atoms with van der Waals surface area (Å²) < 4.78 is 45.2. The van der Waals surface area contributed by atoms with Gasteiger partial charge in [-0.2, -0.15) is 13.2 Å². The van der Waals surface area contributed by atoms with Crippen LogP contribution in [-0.2, 0) is 20.5 Å². The molecule has 1 aliphatic heterocycles. The van der Waals surface area contributed by atoms with Crippen molar-refractivity contribution in [2.24, 2.45) is 0 Å². The number of carbonyl (C=O) groups excluding carboxylic acids is 1. The standard InChI is InChI=1S/C18H13ClF3N3O4S/c19-12-7-10(18(20,21)22)9-23-15(12)24-5-1-3-11(24)8-13-16(28)25(17(30)29-13)6-2-4-14(26)27/h1,3,5,7-9H,2,4,6H2,(H,26,27)/b13-8+. The van der Waals surface area contributed by atoms with Crippen LogP contribution in [0.5, 0.6) is 0 Å². The molecule has 2 aromatic rings. The lowest BCUT2D eigenvalue weighted by Gasteiger charge is -2.11. The Balaban J connectivity index is 1.86. The molecule has 0 aliphatic carbocycles. The molecule has 3 heterocycles. The van der Waals surface area contributed by atoms with Crippen molar-refractivity contribution in [2.45, 2.75) is 19.0 Å². The number of amides is 1. The van der Waals surface area contributed by atoms with Crippen LogP contribution in [0.4, 0.5) is 13.2 Å². The second-order valence-electron chi connectivity index (χ2n) is 6.16. The molecule has 12 heteroatoms. The van der Waals surface area contributed by atoms with Gasteiger partial charge in [-0.1, -0.05) is 11.6 Å². The van der Waals surface area contributed by atoms with E-state index in [0.29, 0.717) is 11.9 Å². The van der Waals surface area contributed by atoms with Crippen molar-refractivity contribution in [1.29, 1.82) is 0 Å². The average molecular weight is 460 g/mol. The molecule has 3 rings (SSSR count). The van der Waals surface area contributed by atoms with E-state index in [-0.39, 0.29) is 41.2 Å². The topological polar surface area (TPSA) is 84.7 Å². The molecule has 0 radical (unpaired) electrons. The van der Waals surface area contributed by atoms with Gasteiger partial charge in [0.05, 0.1) is 16.3 Å². The van der Waals surface area contributed by atoms with Gasteiger partial charge in [0.1, 0.15) is 0 Å². The maximum Gasteiger partial charge on any atom is 0.417 e. The third-order valence-electron chi connectivity index (χ3n) is 4.08. The number of carboxylic acids is 1. The first-order valence-electron chi connectivity index (χ1n) is 8.45. The molecule has 0 atom stereocenters. The van der Waals surface area contributed by atoms with Crippen LogP contribution in [0.2, 0.25) is 5.02 Å². The molecule has 2 aromatic heterocycles. The molecule has 0 bridgehead atoms. The SMILES string of the molecule is O=C(O)CCCN1C(=O)/C(=C\c2cccn2-c2ncc(C(F)(F)F)cc2Cl)OC1=S. The molecule has 1 fully saturated rings. The maximum atomic E-state index is 12.8. The Labute approximate surface area is 178 Å². The number of aromatic nitrogens is 2. The minimum atomic E-state index is -4.58. The Bertz CT molecular complexity index is 1050. The number of halogens is 4. The van der Waals surface area contributed by atoms with Crippen molar-refractivity contribution < 1.29 is 32.6 Å². The van der Waals surface area contributed by atoms with Gasteiger partial charge in [-0.3, -0.25) is 14.5 Å². The minimum Gasteiger partial charge on any atom is -0.481 e. The molecule has 1 N–H and O–H groups in total. The Hall–Kier alpha value is -2.92. The van der Waals surface area contributed by atoms with Crippen LogP contribution >= 0.6 is 23.8 Å². The van der Waals surface area contributed by atoms with Gasteiger partial charge >= 0.3 is 12.1 Å². The van der Waals surface area contributed by atoms with E-state index in [2.05, 4.69) is 4.98 Å². The van der Waals surface area contributed by atoms with Gasteiger partial charge in [0.2, 0.25) is 0 Å². The second-order valence-corrected chi connectivity index (χ2v) is 6.92. The van der Waals surface area contributed by atoms with E-state index in [4.69, 9.17) is 33.7 Å². The van der Waals surface area contributed by atoms with E-state index >= 15 is 0 Å². The lowest BCUT2D eigenvalue weighted by Crippen LogP contribution is -2.29. The van der Waals surface area contributed by atoms with E-state index in [1.54, 1.807) is 12.1 Å². The molecule has 0 unspecified atom stereocenters. The van der Waals surface area contributed by atoms with Gasteiger partial charge in [0.25, 0.3) is 11.1 Å². The van der Waals surface area contributed by atoms with Crippen LogP contribution in [-0.4, -0.2) is 43.2 Å². The molecule has 7 nitrogen and oxygen atoms in total. The Morgan fingerprint density at radius 2 is 2.13 bits per heavy atom. The molecule has 1 aliphatic rings. The molecule has 158 valence electrons. The van der Waals surface area contributed by atoms with Crippen LogP contribution in [0, 0.1) is 0 Å². The third-order valence-corrected chi connectivity index (χ3v) is 4.66. The lowest BCUT2D eigenvalue weighted by atomic mass is 10.2. The number of rotatable bonds is 6. The average Bonchev–Trinajstić information content (AvgIpc) is 3.20. The number of hydrogen-bond acceptors (Lipinski definition) is 5. The number of carboxylic acid groups (broad SMARTS) is 1. The summed E-state index contributed by atoms with van der Waals surface area (Å²) in [5.74, 6) is -1.63. The molecular weight excluding hydrogens is 447 g/mol. The zero-order valence-electron chi connectivity index (χ0n) is 15.0. The van der Waals surface area contributed by atoms with Gasteiger partial charge in [-0.15, -0.1) is 0 Å². The first-order valence-corrected chi connectivity index (χ1v) is 9.24. The Morgan fingerprint density at radius 3 is 2.77 bits per heavy atom. The number of ether oxygens (including phenoxy) is 1. The maximum absolute atomic E-state index is 12.8. The highest BCUT2D eigenvalue weighted by atomic mass is 35.5. The van der Waals surface area contributed by atoms with E-state index < -0.39 is 23.6 Å². The van der Waals surface area contributed by atoms with Gasteiger partial charge in [-0.25, -0.2) is 4.98 Å². The van der Waals surface area contributed by atoms with E-state index in [0.717, 1.165) is 11.0 Å². The summed E-state index contributed by atoms with van der Waals surface area (Å²) in [6, 6.07) is 3.93. The van der Waals surface area contributed by atoms with Crippen LogP contribution < -0.4 is 0 Å². The molecular formula is C18H13ClF3N3O4S. The van der Waals surface area contributed by atoms with Crippen molar-refractivity contribution >= 4 is 46.9 Å². The van der Waals surface area contributed by atoms with E-state index in [1.807, 2.05) is 0 Å². The number of carbonyl (C=O) groups is 2. The lowest BCUT2D eigenvalue weighted by molar-refractivity contribution is -0.138. The van der Waals surface area contributed by atoms with Crippen LogP contribution in [0.15, 0.2) is 36.4 Å². The summed E-state index contributed by atoms with van der Waals surface area (Å²) in [6.07, 6.45) is -1.00. The van der Waals surface area contributed by atoms with Crippen LogP contribution in [0.3, 0.4) is 0 Å². The zero-order chi connectivity index (χ0) is 22.1. The van der Waals surface area contributed by atoms with Crippen molar-refractivity contribution in [3.63, 3.8) is 0 Å². The number of alkyl halides is 3. The number of nitrogens with zero attached hydrogens (tertiary/aromatic N) is 3. The largest absolute Gasteiger partial charge is 0.481 e. The van der Waals surface area contributed by atoms with Gasteiger partial charge in [0.15, 0.2) is 11.6 Å². The number of hydrogen-bond donors (Lipinski definition) is 1. The number of pyridine rings is 1. The molecule has 1 saturated heterocycles. The number of aliphatic carboxylic acids is 1. The monoisotopic (exact) mass is 459 g/mol. The van der Waals surface area contributed by atoms with Crippen molar-refractivity contribution in [2.75, 3.05) is 6.54 Å². The van der Waals surface area contributed by atoms with Gasteiger partial charge in [-0.05, 0) is 36.8 Å². The summed E-state index contributed by atoms with van der Waals surface area (Å²) in [5, 5.41) is 8.36. The molecule has 0 aromatic carbocycles. The number of thiocarbonyl (C=S) groups is 1. The van der Waals surface area contributed by atoms with Crippen LogP contribution in [0.25, 0.3) is 11.9 Å². The first-order chi connectivity index (χ1) is 14.1. The van der Waals surface area contributed by atoms with Crippen molar-refractivity contribution in [3.05, 3.63) is 52.6 Å². The summed E-state index contributed by atoms with van der Waals surface area (Å²) in [6.45, 7) is 0.0780. The van der Waals surface area contributed by atoms with Crippen LogP contribution in [0.1, 0.15) is 24.1 Å². The van der Waals surface area contributed by atoms with Crippen molar-refractivity contribution in [3.8, 4) is 5.82 Å². The smallest absolute Gasteiger partial charge is 0.417 e. The third kappa shape index (κ3) is 4.62. The molecule has 30 heavy (non-hydrogen) atoms. The highest BCUT2D eigenvalue weighted by Crippen LogP contribution is 2.32. The fourth-order valence-corrected chi connectivity index (χ4v) is 3.20. The fourth-order valence-electron chi connectivity index (χ4n) is 2.68. The predicted molar refractivity (Wildman–Crippen MR) is 104 cm³/mol. The Morgan fingerprint density at radius 1 is 1.40 bits per heavy atom. The van der Waals surface area contributed by atoms with Gasteiger partial charge in [0, 0.05) is 31.4 Å². The summed E-state index contributed by atoms with van der Waals surface area (Å²) in [5.41, 5.74) is -0.623. The highest BCUT2D eigenvalue weighted by molar-refractivity contribution is 7.80. The molecule has 0 saturated carbocycles. The van der Waals surface area contributed by atoms with E-state index in [1.165, 1.54) is 16.8 Å². The van der Waals surface area contributed by atoms with E-state index in [9.17, 15) is 22.8 Å². The minimum absolute atomic E-state index is 0.0350. The molecule has 1 amide bonds.